The summed E-state index contributed by atoms with van der Waals surface area (Å²) in [5, 5.41) is 12.5. The minimum Gasteiger partial charge on any atom is -0.438 e. The molecule has 0 amide bonds. The molecule has 2 N–H and O–H groups in total. The van der Waals surface area contributed by atoms with Crippen molar-refractivity contribution >= 4 is 29.6 Å². The quantitative estimate of drug-likeness (QED) is 0.303. The van der Waals surface area contributed by atoms with Crippen LogP contribution in [0, 0.1) is 6.92 Å². The van der Waals surface area contributed by atoms with Crippen LogP contribution in [0.4, 0.5) is 13.2 Å². The summed E-state index contributed by atoms with van der Waals surface area (Å²) in [5.41, 5.74) is 0.733. The Kier molecular flexibility index (Phi) is 11.5. The van der Waals surface area contributed by atoms with Gasteiger partial charge >= 0.3 is 6.18 Å². The van der Waals surface area contributed by atoms with E-state index in [4.69, 9.17) is 21.5 Å². The zero-order chi connectivity index (χ0) is 24.1. The molecule has 0 aliphatic rings. The average Bonchev–Trinajstić information content (AvgIpc) is 3.20. The van der Waals surface area contributed by atoms with Gasteiger partial charge in [-0.25, -0.2) is 9.61 Å². The van der Waals surface area contributed by atoms with E-state index >= 15 is 0 Å². The number of hydrogen-bond acceptors (Lipinski definition) is 7. The molecule has 3 rings (SSSR count). The van der Waals surface area contributed by atoms with Crippen LogP contribution in [0.3, 0.4) is 0 Å². The molecule has 0 bridgehead atoms. The van der Waals surface area contributed by atoms with Crippen molar-refractivity contribution in [1.82, 2.24) is 15.3 Å². The Morgan fingerprint density at radius 2 is 1.88 bits per heavy atom. The maximum absolute atomic E-state index is 12.5. The van der Waals surface area contributed by atoms with Crippen LogP contribution in [0.1, 0.15) is 30.3 Å². The van der Waals surface area contributed by atoms with Crippen LogP contribution >= 0.6 is 23.5 Å². The fourth-order valence-corrected chi connectivity index (χ4v) is 2.47. The van der Waals surface area contributed by atoms with E-state index in [1.54, 1.807) is 24.3 Å². The van der Waals surface area contributed by atoms with Gasteiger partial charge in [0.1, 0.15) is 22.2 Å². The molecule has 0 aliphatic carbocycles. The van der Waals surface area contributed by atoms with E-state index in [2.05, 4.69) is 40.0 Å². The molecule has 3 aromatic rings. The van der Waals surface area contributed by atoms with Crippen LogP contribution in [0.15, 0.2) is 65.3 Å². The van der Waals surface area contributed by atoms with E-state index in [1.165, 1.54) is 0 Å². The molecule has 0 fully saturated rings. The number of rotatable bonds is 5. The lowest BCUT2D eigenvalue weighted by Gasteiger charge is -2.10. The van der Waals surface area contributed by atoms with Crippen molar-refractivity contribution in [3.63, 3.8) is 0 Å². The van der Waals surface area contributed by atoms with Gasteiger partial charge in [0.25, 0.3) is 0 Å². The lowest BCUT2D eigenvalue weighted by Crippen LogP contribution is -2.05. The highest BCUT2D eigenvalue weighted by Gasteiger charge is 2.31. The Balaban J connectivity index is 0.000000358. The first-order chi connectivity index (χ1) is 15.2. The summed E-state index contributed by atoms with van der Waals surface area (Å²) in [5.74, 6) is 0.310. The number of aryl methyl sites for hydroxylation is 1. The van der Waals surface area contributed by atoms with Crippen molar-refractivity contribution in [3.05, 3.63) is 77.7 Å². The summed E-state index contributed by atoms with van der Waals surface area (Å²) in [6.45, 7) is 9.94. The van der Waals surface area contributed by atoms with Gasteiger partial charge in [0.15, 0.2) is 0 Å². The summed E-state index contributed by atoms with van der Waals surface area (Å²) in [7, 11) is 0. The van der Waals surface area contributed by atoms with Crippen molar-refractivity contribution in [2.75, 3.05) is 0 Å². The van der Waals surface area contributed by atoms with E-state index < -0.39 is 11.7 Å². The Labute approximate surface area is 193 Å². The van der Waals surface area contributed by atoms with E-state index in [9.17, 15) is 13.2 Å². The molecule has 11 heteroatoms. The van der Waals surface area contributed by atoms with Crippen LogP contribution < -0.4 is 9.88 Å². The van der Waals surface area contributed by atoms with Crippen LogP contribution in [0.25, 0.3) is 6.08 Å². The van der Waals surface area contributed by atoms with E-state index in [0.29, 0.717) is 11.9 Å². The van der Waals surface area contributed by atoms with Crippen molar-refractivity contribution in [3.8, 4) is 11.6 Å². The highest BCUT2D eigenvalue weighted by Crippen LogP contribution is 2.34. The van der Waals surface area contributed by atoms with Gasteiger partial charge in [-0.2, -0.15) is 13.2 Å². The Morgan fingerprint density at radius 1 is 1.22 bits per heavy atom. The molecule has 0 unspecified atom stereocenters. The minimum atomic E-state index is -4.49. The number of halogens is 4. The van der Waals surface area contributed by atoms with Crippen LogP contribution in [0.5, 0.6) is 11.6 Å². The van der Waals surface area contributed by atoms with Gasteiger partial charge in [-0.1, -0.05) is 34.9 Å². The van der Waals surface area contributed by atoms with Gasteiger partial charge in [0.05, 0.1) is 5.56 Å². The van der Waals surface area contributed by atoms with Gasteiger partial charge in [-0.05, 0) is 61.7 Å². The molecular formula is C21H22ClF3N4O2S. The van der Waals surface area contributed by atoms with Crippen LogP contribution in [-0.4, -0.2) is 15.3 Å². The Bertz CT molecular complexity index is 995. The second kappa shape index (κ2) is 13.6. The monoisotopic (exact) mass is 486 g/mol. The fourth-order valence-electron chi connectivity index (χ4n) is 1.97. The van der Waals surface area contributed by atoms with Gasteiger partial charge in [-0.15, -0.1) is 13.2 Å². The third-order valence-corrected chi connectivity index (χ3v) is 4.32. The first-order valence-corrected chi connectivity index (χ1v) is 10.3. The standard InChI is InChI=1S/C12H8ClF3N2OS.C7H10N2O.C2H4/c13-10-5-7(12(14,15)16)6-18-11(10)19-8-1-3-9(20-17)4-2-8;1-3-4-5-7-6(2)8-10-9-7;1-2/h1-6H,17H2;4-5H,3H2,1-2H3;1-2H2/b;5-4-;. The zero-order valence-corrected chi connectivity index (χ0v) is 19.0. The third-order valence-electron chi connectivity index (χ3n) is 3.51. The molecule has 0 aliphatic heterocycles. The predicted molar refractivity (Wildman–Crippen MR) is 120 cm³/mol. The van der Waals surface area contributed by atoms with E-state index in [1.807, 2.05) is 19.1 Å². The van der Waals surface area contributed by atoms with Crippen LogP contribution in [-0.2, 0) is 6.18 Å². The fraction of sp³-hybridized carbons (Fsp3) is 0.190. The average molecular weight is 487 g/mol. The number of alkyl halides is 3. The topological polar surface area (TPSA) is 87.1 Å². The first-order valence-electron chi connectivity index (χ1n) is 9.07. The minimum absolute atomic E-state index is 0.0900. The highest BCUT2D eigenvalue weighted by molar-refractivity contribution is 7.97. The van der Waals surface area contributed by atoms with Gasteiger partial charge < -0.3 is 4.74 Å². The predicted octanol–water partition coefficient (Wildman–Crippen LogP) is 7.12. The summed E-state index contributed by atoms with van der Waals surface area (Å²) in [6, 6.07) is 7.42. The molecular weight excluding hydrogens is 465 g/mol. The Morgan fingerprint density at radius 3 is 2.34 bits per heavy atom. The molecule has 0 spiro atoms. The lowest BCUT2D eigenvalue weighted by atomic mass is 10.3. The molecule has 2 heterocycles. The zero-order valence-electron chi connectivity index (χ0n) is 17.4. The Hall–Kier alpha value is -2.82. The molecule has 6 nitrogen and oxygen atoms in total. The molecule has 0 atom stereocenters. The molecule has 0 radical (unpaired) electrons. The summed E-state index contributed by atoms with van der Waals surface area (Å²) in [6.07, 6.45) is 1.12. The number of ether oxygens (including phenoxy) is 1. The molecule has 0 saturated heterocycles. The smallest absolute Gasteiger partial charge is 0.417 e. The lowest BCUT2D eigenvalue weighted by molar-refractivity contribution is -0.137. The third kappa shape index (κ3) is 8.74. The van der Waals surface area contributed by atoms with Crippen molar-refractivity contribution in [1.29, 1.82) is 0 Å². The van der Waals surface area contributed by atoms with Gasteiger partial charge in [0, 0.05) is 11.1 Å². The maximum Gasteiger partial charge on any atom is 0.417 e. The van der Waals surface area contributed by atoms with Gasteiger partial charge in [0.2, 0.25) is 5.88 Å². The molecule has 1 aromatic carbocycles. The summed E-state index contributed by atoms with van der Waals surface area (Å²) < 4.78 is 47.2. The second-order valence-corrected chi connectivity index (χ2v) is 6.86. The number of nitrogens with zero attached hydrogens (tertiary/aromatic N) is 3. The number of nitrogens with two attached hydrogens (primary N) is 1. The number of allylic oxidation sites excluding steroid dienone is 1. The molecule has 0 saturated carbocycles. The van der Waals surface area contributed by atoms with Gasteiger partial charge in [-0.3, -0.25) is 5.14 Å². The first kappa shape index (κ1) is 27.2. The largest absolute Gasteiger partial charge is 0.438 e. The van der Waals surface area contributed by atoms with Crippen molar-refractivity contribution < 1.29 is 22.5 Å². The van der Waals surface area contributed by atoms with Crippen molar-refractivity contribution in [2.24, 2.45) is 5.14 Å². The van der Waals surface area contributed by atoms with E-state index in [-0.39, 0.29) is 10.9 Å². The number of aromatic nitrogens is 3. The SMILES string of the molecule is C=C.CC/C=C\c1nonc1C.NSc1ccc(Oc2ncc(C(F)(F)F)cc2Cl)cc1. The normalized spacial score (nSPS) is 10.7. The highest BCUT2D eigenvalue weighted by atomic mass is 35.5. The molecule has 2 aromatic heterocycles. The summed E-state index contributed by atoms with van der Waals surface area (Å²) >= 11 is 6.80. The molecule has 172 valence electrons. The van der Waals surface area contributed by atoms with Crippen LogP contribution in [0.2, 0.25) is 5.02 Å². The summed E-state index contributed by atoms with van der Waals surface area (Å²) in [4.78, 5) is 4.40. The number of hydrogen-bond donors (Lipinski definition) is 1. The molecule has 32 heavy (non-hydrogen) atoms. The second-order valence-electron chi connectivity index (χ2n) is 5.75. The number of pyridine rings is 1. The van der Waals surface area contributed by atoms with Crippen molar-refractivity contribution in [2.45, 2.75) is 31.3 Å². The van der Waals surface area contributed by atoms with E-state index in [0.717, 1.165) is 40.7 Å². The maximum atomic E-state index is 12.5. The number of benzene rings is 1.